The first-order valence-corrected chi connectivity index (χ1v) is 13.4. The minimum atomic E-state index is -1.28. The molecule has 1 aliphatic heterocycles. The third-order valence-corrected chi connectivity index (χ3v) is 6.71. The van der Waals surface area contributed by atoms with Crippen molar-refractivity contribution in [1.29, 1.82) is 0 Å². The van der Waals surface area contributed by atoms with Gasteiger partial charge in [0.15, 0.2) is 6.04 Å². The molecule has 3 aromatic carbocycles. The number of rotatable bonds is 15. The molecule has 8 nitrogen and oxygen atoms in total. The number of nitrogens with one attached hydrogen (secondary N) is 1. The number of aromatic hydroxyl groups is 1. The van der Waals surface area contributed by atoms with Gasteiger partial charge in [-0.05, 0) is 54.7 Å². The number of nitrogens with zero attached hydrogens (tertiary/aromatic N) is 1. The summed E-state index contributed by atoms with van der Waals surface area (Å²) in [6.07, 6.45) is 2.53. The Morgan fingerprint density at radius 2 is 1.77 bits per heavy atom. The number of ether oxygens (including phenoxy) is 3. The highest BCUT2D eigenvalue weighted by molar-refractivity contribution is 6.05. The number of unbranched alkanes of at least 4 members (excludes halogenated alkanes) is 1. The molecule has 0 bridgehead atoms. The van der Waals surface area contributed by atoms with Crippen molar-refractivity contribution in [3.05, 3.63) is 94.8 Å². The van der Waals surface area contributed by atoms with Crippen molar-refractivity contribution in [2.24, 2.45) is 0 Å². The highest BCUT2D eigenvalue weighted by Crippen LogP contribution is 2.38. The second-order valence-corrected chi connectivity index (χ2v) is 9.54. The summed E-state index contributed by atoms with van der Waals surface area (Å²) < 4.78 is 30.2. The lowest BCUT2D eigenvalue weighted by atomic mass is 10.0. The van der Waals surface area contributed by atoms with E-state index in [4.69, 9.17) is 14.2 Å². The van der Waals surface area contributed by atoms with E-state index < -0.39 is 23.7 Å². The highest BCUT2D eigenvalue weighted by atomic mass is 19.1. The lowest BCUT2D eigenvalue weighted by Crippen LogP contribution is -2.35. The van der Waals surface area contributed by atoms with E-state index in [1.807, 2.05) is 48.5 Å². The van der Waals surface area contributed by atoms with Crippen molar-refractivity contribution in [3.63, 3.8) is 0 Å². The van der Waals surface area contributed by atoms with Gasteiger partial charge < -0.3 is 29.5 Å². The topological polar surface area (TPSA) is 97.3 Å². The van der Waals surface area contributed by atoms with Gasteiger partial charge in [-0.2, -0.15) is 0 Å². The molecule has 1 atom stereocenters. The van der Waals surface area contributed by atoms with Gasteiger partial charge in [-0.3, -0.25) is 4.79 Å². The maximum atomic E-state index is 14.0. The van der Waals surface area contributed by atoms with Gasteiger partial charge in [0, 0.05) is 44.2 Å². The molecule has 1 heterocycles. The van der Waals surface area contributed by atoms with Crippen LogP contribution in [0.4, 0.5) is 10.1 Å². The smallest absolute Gasteiger partial charge is 0.333 e. The molecular weight excluding hydrogens is 515 g/mol. The Morgan fingerprint density at radius 1 is 1.00 bits per heavy atom. The summed E-state index contributed by atoms with van der Waals surface area (Å²) >= 11 is 0. The molecule has 40 heavy (non-hydrogen) atoms. The predicted octanol–water partition coefficient (Wildman–Crippen LogP) is 5.22. The molecule has 0 spiro atoms. The highest BCUT2D eigenvalue weighted by Gasteiger charge is 2.40. The van der Waals surface area contributed by atoms with E-state index in [0.717, 1.165) is 48.6 Å². The van der Waals surface area contributed by atoms with E-state index in [2.05, 4.69) is 5.32 Å². The molecule has 0 saturated heterocycles. The molecule has 0 radical (unpaired) electrons. The quantitative estimate of drug-likeness (QED) is 0.198. The van der Waals surface area contributed by atoms with Gasteiger partial charge in [-0.15, -0.1) is 0 Å². The van der Waals surface area contributed by atoms with Crippen LogP contribution in [0.5, 0.6) is 5.75 Å². The van der Waals surface area contributed by atoms with Crippen LogP contribution < -0.4 is 5.32 Å². The summed E-state index contributed by atoms with van der Waals surface area (Å²) in [6.45, 7) is 3.29. The number of fused-ring (bicyclic) bond motifs is 1. The molecule has 4 rings (SSSR count). The van der Waals surface area contributed by atoms with E-state index in [-0.39, 0.29) is 17.9 Å². The van der Waals surface area contributed by atoms with E-state index in [9.17, 15) is 19.1 Å². The van der Waals surface area contributed by atoms with Gasteiger partial charge >= 0.3 is 5.97 Å². The number of phenols is 1. The lowest BCUT2D eigenvalue weighted by Gasteiger charge is -2.26. The number of anilines is 1. The van der Waals surface area contributed by atoms with Crippen LogP contribution in [0.1, 0.15) is 52.4 Å². The standard InChI is InChI=1S/C31H35FN2O6/c1-38-31(37)29(25-19-24(32)13-14-27(25)35)34-20-23-11-7-12-26(28(23)30(34)36)33-15-5-6-16-39-17-8-18-40-21-22-9-3-2-4-10-22/h2-4,7,9-14,19,29,33,35H,5-6,8,15-18,20-21H2,1H3. The Labute approximate surface area is 233 Å². The minimum Gasteiger partial charge on any atom is -0.508 e. The number of hydrogen-bond donors (Lipinski definition) is 2. The van der Waals surface area contributed by atoms with E-state index in [1.54, 1.807) is 0 Å². The van der Waals surface area contributed by atoms with Crippen molar-refractivity contribution >= 4 is 17.6 Å². The number of amides is 1. The molecular formula is C31H35FN2O6. The monoisotopic (exact) mass is 550 g/mol. The molecule has 0 aliphatic carbocycles. The molecule has 0 fully saturated rings. The SMILES string of the molecule is COC(=O)C(c1cc(F)ccc1O)N1Cc2cccc(NCCCCOCCCOCc3ccccc3)c2C1=O. The van der Waals surface area contributed by atoms with Gasteiger partial charge in [-0.1, -0.05) is 42.5 Å². The number of carbonyl (C=O) groups is 2. The van der Waals surface area contributed by atoms with E-state index >= 15 is 0 Å². The molecule has 2 N–H and O–H groups in total. The van der Waals surface area contributed by atoms with Gasteiger partial charge in [0.05, 0.1) is 19.3 Å². The Kier molecular flexibility index (Phi) is 10.5. The number of benzene rings is 3. The van der Waals surface area contributed by atoms with Crippen LogP contribution in [-0.2, 0) is 32.2 Å². The first-order valence-electron chi connectivity index (χ1n) is 13.4. The summed E-state index contributed by atoms with van der Waals surface area (Å²) in [5.41, 5.74) is 2.99. The Hall–Kier alpha value is -3.95. The fourth-order valence-electron chi connectivity index (χ4n) is 4.70. The molecule has 212 valence electrons. The van der Waals surface area contributed by atoms with Gasteiger partial charge in [-0.25, -0.2) is 9.18 Å². The number of halogens is 1. The summed E-state index contributed by atoms with van der Waals surface area (Å²) in [4.78, 5) is 27.5. The zero-order valence-electron chi connectivity index (χ0n) is 22.6. The van der Waals surface area contributed by atoms with Crippen molar-refractivity contribution in [1.82, 2.24) is 4.90 Å². The number of carbonyl (C=O) groups excluding carboxylic acids is 2. The minimum absolute atomic E-state index is 0.0229. The maximum absolute atomic E-state index is 14.0. The third kappa shape index (κ3) is 7.37. The molecule has 0 aromatic heterocycles. The Balaban J connectivity index is 1.23. The summed E-state index contributed by atoms with van der Waals surface area (Å²) in [7, 11) is 1.19. The van der Waals surface area contributed by atoms with Gasteiger partial charge in [0.2, 0.25) is 0 Å². The normalized spacial score (nSPS) is 13.2. The predicted molar refractivity (Wildman–Crippen MR) is 148 cm³/mol. The fraction of sp³-hybridized carbons (Fsp3) is 0.355. The van der Waals surface area contributed by atoms with Crippen LogP contribution in [0.25, 0.3) is 0 Å². The Morgan fingerprint density at radius 3 is 2.58 bits per heavy atom. The molecule has 9 heteroatoms. The van der Waals surface area contributed by atoms with Gasteiger partial charge in [0.25, 0.3) is 5.91 Å². The van der Waals surface area contributed by atoms with Crippen molar-refractivity contribution in [2.45, 2.75) is 38.5 Å². The largest absolute Gasteiger partial charge is 0.508 e. The van der Waals surface area contributed by atoms with Crippen molar-refractivity contribution < 1.29 is 33.3 Å². The summed E-state index contributed by atoms with van der Waals surface area (Å²) in [6, 6.07) is 17.5. The lowest BCUT2D eigenvalue weighted by molar-refractivity contribution is -0.146. The third-order valence-electron chi connectivity index (χ3n) is 6.71. The fourth-order valence-corrected chi connectivity index (χ4v) is 4.70. The summed E-state index contributed by atoms with van der Waals surface area (Å²) in [5.74, 6) is -2.08. The first-order chi connectivity index (χ1) is 19.5. The van der Waals surface area contributed by atoms with Crippen LogP contribution in [0.15, 0.2) is 66.7 Å². The van der Waals surface area contributed by atoms with Crippen LogP contribution in [0.2, 0.25) is 0 Å². The van der Waals surface area contributed by atoms with Gasteiger partial charge in [0.1, 0.15) is 11.6 Å². The van der Waals surface area contributed by atoms with Crippen LogP contribution in [0, 0.1) is 5.82 Å². The van der Waals surface area contributed by atoms with Crippen LogP contribution >= 0.6 is 0 Å². The van der Waals surface area contributed by atoms with E-state index in [0.29, 0.717) is 44.2 Å². The number of esters is 1. The zero-order chi connectivity index (χ0) is 28.3. The van der Waals surface area contributed by atoms with Crippen LogP contribution in [0.3, 0.4) is 0 Å². The molecule has 1 unspecified atom stereocenters. The molecule has 3 aromatic rings. The molecule has 0 saturated carbocycles. The zero-order valence-corrected chi connectivity index (χ0v) is 22.6. The maximum Gasteiger partial charge on any atom is 0.333 e. The van der Waals surface area contributed by atoms with Crippen molar-refractivity contribution in [3.8, 4) is 5.75 Å². The van der Waals surface area contributed by atoms with Crippen LogP contribution in [-0.4, -0.2) is 55.4 Å². The number of hydrogen-bond acceptors (Lipinski definition) is 7. The first kappa shape index (κ1) is 29.0. The Bertz CT molecular complexity index is 1290. The van der Waals surface area contributed by atoms with E-state index in [1.165, 1.54) is 12.0 Å². The average Bonchev–Trinajstić information content (AvgIpc) is 3.30. The average molecular weight is 551 g/mol. The second kappa shape index (κ2) is 14.4. The molecule has 1 aliphatic rings. The van der Waals surface area contributed by atoms with Crippen molar-refractivity contribution in [2.75, 3.05) is 38.8 Å². The number of methoxy groups -OCH3 is 1. The summed E-state index contributed by atoms with van der Waals surface area (Å²) in [5, 5.41) is 13.7. The second-order valence-electron chi connectivity index (χ2n) is 9.54. The molecule has 1 amide bonds. The number of phenolic OH excluding ortho intramolecular Hbond substituents is 1.